The molecule has 0 aromatic heterocycles. The first-order chi connectivity index (χ1) is 8.75. The summed E-state index contributed by atoms with van der Waals surface area (Å²) in [5, 5.41) is 3.61. The molecule has 0 aromatic rings. The molecule has 0 spiro atoms. The molecule has 1 N–H and O–H groups in total. The van der Waals surface area contributed by atoms with E-state index in [1.165, 1.54) is 38.5 Å². The molecule has 0 amide bonds. The molecule has 1 saturated carbocycles. The van der Waals surface area contributed by atoms with Crippen LogP contribution in [-0.4, -0.2) is 25.8 Å². The highest BCUT2D eigenvalue weighted by Crippen LogP contribution is 2.31. The number of rotatable bonds is 5. The van der Waals surface area contributed by atoms with Gasteiger partial charge in [0.2, 0.25) is 0 Å². The SMILES string of the molecule is CC(C)NC/C(=C/C1CCOC1)C1CCCCC1. The predicted octanol–water partition coefficient (Wildman–Crippen LogP) is 3.53. The third kappa shape index (κ3) is 4.40. The van der Waals surface area contributed by atoms with Crippen molar-refractivity contribution in [3.05, 3.63) is 11.6 Å². The Kier molecular flexibility index (Phi) is 5.71. The van der Waals surface area contributed by atoms with Crippen molar-refractivity contribution in [1.82, 2.24) is 5.32 Å². The average Bonchev–Trinajstić information content (AvgIpc) is 2.88. The van der Waals surface area contributed by atoms with Crippen LogP contribution < -0.4 is 5.32 Å². The molecular formula is C16H29NO. The zero-order valence-electron chi connectivity index (χ0n) is 12.1. The summed E-state index contributed by atoms with van der Waals surface area (Å²) in [5.74, 6) is 1.52. The lowest BCUT2D eigenvalue weighted by Crippen LogP contribution is -2.28. The molecule has 1 unspecified atom stereocenters. The maximum Gasteiger partial charge on any atom is 0.0529 e. The van der Waals surface area contributed by atoms with Gasteiger partial charge in [0.15, 0.2) is 0 Å². The molecule has 1 atom stereocenters. The summed E-state index contributed by atoms with van der Waals surface area (Å²) < 4.78 is 5.51. The lowest BCUT2D eigenvalue weighted by Gasteiger charge is -2.26. The van der Waals surface area contributed by atoms with Crippen molar-refractivity contribution in [3.63, 3.8) is 0 Å². The minimum atomic E-state index is 0.580. The van der Waals surface area contributed by atoms with Gasteiger partial charge in [-0.3, -0.25) is 0 Å². The Morgan fingerprint density at radius 3 is 2.61 bits per heavy atom. The summed E-state index contributed by atoms with van der Waals surface area (Å²) in [4.78, 5) is 0. The first kappa shape index (κ1) is 14.1. The molecule has 0 radical (unpaired) electrons. The predicted molar refractivity (Wildman–Crippen MR) is 76.7 cm³/mol. The minimum absolute atomic E-state index is 0.580. The Morgan fingerprint density at radius 1 is 1.22 bits per heavy atom. The minimum Gasteiger partial charge on any atom is -0.381 e. The normalized spacial score (nSPS) is 27.1. The smallest absolute Gasteiger partial charge is 0.0529 e. The third-order valence-electron chi connectivity index (χ3n) is 4.26. The van der Waals surface area contributed by atoms with E-state index in [0.717, 1.165) is 25.7 Å². The van der Waals surface area contributed by atoms with Crippen molar-refractivity contribution < 1.29 is 4.74 Å². The Labute approximate surface area is 112 Å². The highest BCUT2D eigenvalue weighted by molar-refractivity contribution is 5.12. The number of ether oxygens (including phenoxy) is 1. The van der Waals surface area contributed by atoms with E-state index in [2.05, 4.69) is 25.2 Å². The van der Waals surface area contributed by atoms with Crippen LogP contribution in [0.1, 0.15) is 52.4 Å². The molecule has 2 heteroatoms. The molecule has 2 aliphatic rings. The van der Waals surface area contributed by atoms with Crippen LogP contribution in [0.5, 0.6) is 0 Å². The van der Waals surface area contributed by atoms with E-state index in [0.29, 0.717) is 12.0 Å². The fourth-order valence-electron chi connectivity index (χ4n) is 3.12. The van der Waals surface area contributed by atoms with Gasteiger partial charge in [-0.15, -0.1) is 0 Å². The Hall–Kier alpha value is -0.340. The van der Waals surface area contributed by atoms with E-state index >= 15 is 0 Å². The second-order valence-electron chi connectivity index (χ2n) is 6.24. The van der Waals surface area contributed by atoms with Crippen molar-refractivity contribution in [2.24, 2.45) is 11.8 Å². The zero-order chi connectivity index (χ0) is 12.8. The first-order valence-corrected chi connectivity index (χ1v) is 7.77. The summed E-state index contributed by atoms with van der Waals surface area (Å²) in [6.45, 7) is 7.45. The van der Waals surface area contributed by atoms with Gasteiger partial charge < -0.3 is 10.1 Å². The summed E-state index contributed by atoms with van der Waals surface area (Å²) in [5.41, 5.74) is 1.67. The van der Waals surface area contributed by atoms with Gasteiger partial charge in [0.1, 0.15) is 0 Å². The number of nitrogens with one attached hydrogen (secondary N) is 1. The topological polar surface area (TPSA) is 21.3 Å². The molecule has 1 aliphatic carbocycles. The van der Waals surface area contributed by atoms with Gasteiger partial charge in [0, 0.05) is 25.1 Å². The summed E-state index contributed by atoms with van der Waals surface area (Å²) >= 11 is 0. The molecule has 0 bridgehead atoms. The zero-order valence-corrected chi connectivity index (χ0v) is 12.1. The first-order valence-electron chi connectivity index (χ1n) is 7.77. The highest BCUT2D eigenvalue weighted by atomic mass is 16.5. The Bertz CT molecular complexity index is 260. The third-order valence-corrected chi connectivity index (χ3v) is 4.26. The van der Waals surface area contributed by atoms with Crippen molar-refractivity contribution in [1.29, 1.82) is 0 Å². The fourth-order valence-corrected chi connectivity index (χ4v) is 3.12. The summed E-state index contributed by atoms with van der Waals surface area (Å²) in [6.07, 6.45) is 10.8. The van der Waals surface area contributed by atoms with Gasteiger partial charge in [-0.05, 0) is 25.2 Å². The quantitative estimate of drug-likeness (QED) is 0.755. The maximum atomic E-state index is 5.51. The summed E-state index contributed by atoms with van der Waals surface area (Å²) in [6, 6.07) is 0.580. The van der Waals surface area contributed by atoms with Crippen molar-refractivity contribution >= 4 is 0 Å². The van der Waals surface area contributed by atoms with Crippen LogP contribution in [0.2, 0.25) is 0 Å². The van der Waals surface area contributed by atoms with Gasteiger partial charge in [-0.25, -0.2) is 0 Å². The van der Waals surface area contributed by atoms with E-state index in [1.54, 1.807) is 5.57 Å². The lowest BCUT2D eigenvalue weighted by molar-refractivity contribution is 0.191. The molecule has 2 nitrogen and oxygen atoms in total. The number of hydrogen-bond donors (Lipinski definition) is 1. The monoisotopic (exact) mass is 251 g/mol. The van der Waals surface area contributed by atoms with Crippen LogP contribution in [0.4, 0.5) is 0 Å². The second kappa shape index (κ2) is 7.30. The maximum absolute atomic E-state index is 5.51. The van der Waals surface area contributed by atoms with Gasteiger partial charge in [0.25, 0.3) is 0 Å². The molecule has 104 valence electrons. The molecular weight excluding hydrogens is 222 g/mol. The van der Waals surface area contributed by atoms with E-state index in [9.17, 15) is 0 Å². The molecule has 1 saturated heterocycles. The van der Waals surface area contributed by atoms with Crippen LogP contribution in [0.25, 0.3) is 0 Å². The molecule has 1 heterocycles. The van der Waals surface area contributed by atoms with E-state index in [-0.39, 0.29) is 0 Å². The van der Waals surface area contributed by atoms with Gasteiger partial charge in [-0.1, -0.05) is 44.8 Å². The standard InChI is InChI=1S/C16H29NO/c1-13(2)17-11-16(10-14-8-9-18-12-14)15-6-4-3-5-7-15/h10,13-15,17H,3-9,11-12H2,1-2H3/b16-10-. The molecule has 1 aliphatic heterocycles. The van der Waals surface area contributed by atoms with Crippen LogP contribution in [0, 0.1) is 11.8 Å². The van der Waals surface area contributed by atoms with Crippen molar-refractivity contribution in [2.75, 3.05) is 19.8 Å². The van der Waals surface area contributed by atoms with Crippen LogP contribution >= 0.6 is 0 Å². The largest absolute Gasteiger partial charge is 0.381 e. The average molecular weight is 251 g/mol. The van der Waals surface area contributed by atoms with Gasteiger partial charge >= 0.3 is 0 Å². The van der Waals surface area contributed by atoms with Crippen molar-refractivity contribution in [2.45, 2.75) is 58.4 Å². The Morgan fingerprint density at radius 2 is 2.00 bits per heavy atom. The highest BCUT2D eigenvalue weighted by Gasteiger charge is 2.21. The molecule has 0 aromatic carbocycles. The van der Waals surface area contributed by atoms with Crippen LogP contribution in [0.15, 0.2) is 11.6 Å². The van der Waals surface area contributed by atoms with Crippen LogP contribution in [0.3, 0.4) is 0 Å². The molecule has 2 fully saturated rings. The number of hydrogen-bond acceptors (Lipinski definition) is 2. The Balaban J connectivity index is 1.95. The van der Waals surface area contributed by atoms with E-state index < -0.39 is 0 Å². The second-order valence-corrected chi connectivity index (χ2v) is 6.24. The van der Waals surface area contributed by atoms with Gasteiger partial charge in [0.05, 0.1) is 6.61 Å². The molecule has 18 heavy (non-hydrogen) atoms. The van der Waals surface area contributed by atoms with E-state index in [1.807, 2.05) is 0 Å². The fraction of sp³-hybridized carbons (Fsp3) is 0.875. The van der Waals surface area contributed by atoms with Crippen molar-refractivity contribution in [3.8, 4) is 0 Å². The van der Waals surface area contributed by atoms with Gasteiger partial charge in [-0.2, -0.15) is 0 Å². The lowest BCUT2D eigenvalue weighted by atomic mass is 9.82. The van der Waals surface area contributed by atoms with E-state index in [4.69, 9.17) is 4.74 Å². The molecule has 2 rings (SSSR count). The summed E-state index contributed by atoms with van der Waals surface area (Å²) in [7, 11) is 0. The van der Waals surface area contributed by atoms with Crippen LogP contribution in [-0.2, 0) is 4.74 Å².